The van der Waals surface area contributed by atoms with Crippen LogP contribution < -0.4 is 5.32 Å². The van der Waals surface area contributed by atoms with Gasteiger partial charge in [0.1, 0.15) is 0 Å². The van der Waals surface area contributed by atoms with Gasteiger partial charge in [-0.05, 0) is 45.7 Å². The van der Waals surface area contributed by atoms with Crippen LogP contribution in [0, 0.1) is 0 Å². The summed E-state index contributed by atoms with van der Waals surface area (Å²) in [6, 6.07) is 1.07. The number of unbranched alkanes of at least 4 members (excludes halogenated alkanes) is 1. The SMILES string of the molecule is CCCCN(C)C1CCCC(CO)(NC(C)C)C1. The number of hydrogen-bond acceptors (Lipinski definition) is 3. The second kappa shape index (κ2) is 7.46. The van der Waals surface area contributed by atoms with E-state index in [1.165, 1.54) is 32.2 Å². The first-order chi connectivity index (χ1) is 8.53. The summed E-state index contributed by atoms with van der Waals surface area (Å²) < 4.78 is 0. The molecular formula is C15H32N2O. The van der Waals surface area contributed by atoms with Crippen molar-refractivity contribution in [1.29, 1.82) is 0 Å². The molecule has 0 radical (unpaired) electrons. The lowest BCUT2D eigenvalue weighted by atomic mass is 9.78. The van der Waals surface area contributed by atoms with Crippen LogP contribution in [0.2, 0.25) is 0 Å². The molecule has 0 aromatic carbocycles. The Labute approximate surface area is 113 Å². The maximum absolute atomic E-state index is 9.79. The van der Waals surface area contributed by atoms with Gasteiger partial charge in [-0.25, -0.2) is 0 Å². The van der Waals surface area contributed by atoms with Crippen LogP contribution in [0.15, 0.2) is 0 Å². The van der Waals surface area contributed by atoms with Gasteiger partial charge in [-0.2, -0.15) is 0 Å². The number of hydrogen-bond donors (Lipinski definition) is 2. The molecule has 108 valence electrons. The fourth-order valence-corrected chi connectivity index (χ4v) is 3.23. The lowest BCUT2D eigenvalue weighted by molar-refractivity contribution is 0.0635. The Bertz CT molecular complexity index is 233. The molecular weight excluding hydrogens is 224 g/mol. The quantitative estimate of drug-likeness (QED) is 0.734. The second-order valence-electron chi connectivity index (χ2n) is 6.32. The van der Waals surface area contributed by atoms with Crippen LogP contribution in [-0.2, 0) is 0 Å². The predicted molar refractivity (Wildman–Crippen MR) is 77.9 cm³/mol. The van der Waals surface area contributed by atoms with Gasteiger partial charge < -0.3 is 15.3 Å². The topological polar surface area (TPSA) is 35.5 Å². The Balaban J connectivity index is 2.57. The maximum Gasteiger partial charge on any atom is 0.0613 e. The molecule has 0 heterocycles. The van der Waals surface area contributed by atoms with E-state index in [1.54, 1.807) is 0 Å². The second-order valence-corrected chi connectivity index (χ2v) is 6.32. The predicted octanol–water partition coefficient (Wildman–Crippen LogP) is 2.39. The lowest BCUT2D eigenvalue weighted by Crippen LogP contribution is -2.57. The third-order valence-electron chi connectivity index (χ3n) is 4.20. The van der Waals surface area contributed by atoms with E-state index in [1.807, 2.05) is 0 Å². The van der Waals surface area contributed by atoms with Gasteiger partial charge in [0.2, 0.25) is 0 Å². The number of rotatable bonds is 7. The first-order valence-electron chi connectivity index (χ1n) is 7.62. The highest BCUT2D eigenvalue weighted by Crippen LogP contribution is 2.31. The molecule has 1 rings (SSSR count). The number of aliphatic hydroxyl groups is 1. The minimum atomic E-state index is -0.0441. The maximum atomic E-state index is 9.79. The molecule has 0 amide bonds. The summed E-state index contributed by atoms with van der Waals surface area (Å²) in [5.41, 5.74) is -0.0441. The van der Waals surface area contributed by atoms with Gasteiger partial charge in [0.15, 0.2) is 0 Å². The molecule has 1 saturated carbocycles. The summed E-state index contributed by atoms with van der Waals surface area (Å²) >= 11 is 0. The van der Waals surface area contributed by atoms with Gasteiger partial charge in [-0.1, -0.05) is 27.2 Å². The van der Waals surface area contributed by atoms with Crippen LogP contribution in [0.1, 0.15) is 59.3 Å². The Kier molecular flexibility index (Phi) is 6.61. The highest BCUT2D eigenvalue weighted by atomic mass is 16.3. The van der Waals surface area contributed by atoms with E-state index >= 15 is 0 Å². The van der Waals surface area contributed by atoms with Gasteiger partial charge >= 0.3 is 0 Å². The average molecular weight is 256 g/mol. The summed E-state index contributed by atoms with van der Waals surface area (Å²) in [6.07, 6.45) is 7.23. The van der Waals surface area contributed by atoms with Crippen LogP contribution in [-0.4, -0.2) is 47.8 Å². The third kappa shape index (κ3) is 4.52. The van der Waals surface area contributed by atoms with E-state index in [9.17, 15) is 5.11 Å². The van der Waals surface area contributed by atoms with E-state index in [0.717, 1.165) is 12.8 Å². The van der Waals surface area contributed by atoms with Gasteiger partial charge in [0.25, 0.3) is 0 Å². The van der Waals surface area contributed by atoms with Crippen molar-refractivity contribution < 1.29 is 5.11 Å². The third-order valence-corrected chi connectivity index (χ3v) is 4.20. The van der Waals surface area contributed by atoms with Gasteiger partial charge in [0.05, 0.1) is 6.61 Å². The zero-order valence-electron chi connectivity index (χ0n) is 12.7. The Morgan fingerprint density at radius 2 is 2.17 bits per heavy atom. The van der Waals surface area contributed by atoms with Crippen molar-refractivity contribution >= 4 is 0 Å². The highest BCUT2D eigenvalue weighted by Gasteiger charge is 2.37. The van der Waals surface area contributed by atoms with Gasteiger partial charge in [-0.15, -0.1) is 0 Å². The summed E-state index contributed by atoms with van der Waals surface area (Å²) in [5.74, 6) is 0. The molecule has 1 aliphatic rings. The van der Waals surface area contributed by atoms with E-state index in [4.69, 9.17) is 0 Å². The lowest BCUT2D eigenvalue weighted by Gasteiger charge is -2.44. The standard InChI is InChI=1S/C15H32N2O/c1-5-6-10-17(4)14-8-7-9-15(11-14,12-18)16-13(2)3/h13-14,16,18H,5-12H2,1-4H3. The van der Waals surface area contributed by atoms with Crippen molar-refractivity contribution in [3.8, 4) is 0 Å². The summed E-state index contributed by atoms with van der Waals surface area (Å²) in [7, 11) is 2.24. The molecule has 2 atom stereocenters. The number of aliphatic hydroxyl groups excluding tert-OH is 1. The van der Waals surface area contributed by atoms with E-state index in [0.29, 0.717) is 12.1 Å². The van der Waals surface area contributed by atoms with Crippen LogP contribution in [0.4, 0.5) is 0 Å². The van der Waals surface area contributed by atoms with E-state index in [2.05, 4.69) is 38.0 Å². The molecule has 2 N–H and O–H groups in total. The van der Waals surface area contributed by atoms with Crippen molar-refractivity contribution in [2.24, 2.45) is 0 Å². The van der Waals surface area contributed by atoms with Gasteiger partial charge in [-0.3, -0.25) is 0 Å². The minimum Gasteiger partial charge on any atom is -0.394 e. The summed E-state index contributed by atoms with van der Waals surface area (Å²) in [6.45, 7) is 8.03. The molecule has 18 heavy (non-hydrogen) atoms. The van der Waals surface area contributed by atoms with Crippen molar-refractivity contribution in [2.45, 2.75) is 76.9 Å². The first kappa shape index (κ1) is 15.9. The zero-order valence-corrected chi connectivity index (χ0v) is 12.7. The molecule has 3 nitrogen and oxygen atoms in total. The Hall–Kier alpha value is -0.120. The molecule has 0 aromatic heterocycles. The summed E-state index contributed by atoms with van der Waals surface area (Å²) in [4.78, 5) is 2.50. The Morgan fingerprint density at radius 3 is 2.72 bits per heavy atom. The van der Waals surface area contributed by atoms with Crippen molar-refractivity contribution in [3.63, 3.8) is 0 Å². The van der Waals surface area contributed by atoms with Crippen molar-refractivity contribution in [3.05, 3.63) is 0 Å². The normalized spacial score (nSPS) is 29.2. The molecule has 1 aliphatic carbocycles. The van der Waals surface area contributed by atoms with E-state index < -0.39 is 0 Å². The summed E-state index contributed by atoms with van der Waals surface area (Å²) in [5, 5.41) is 13.4. The molecule has 2 unspecified atom stereocenters. The van der Waals surface area contributed by atoms with Crippen LogP contribution in [0.5, 0.6) is 0 Å². The minimum absolute atomic E-state index is 0.0441. The Morgan fingerprint density at radius 1 is 1.44 bits per heavy atom. The molecule has 0 spiro atoms. The smallest absolute Gasteiger partial charge is 0.0613 e. The molecule has 0 aliphatic heterocycles. The highest BCUT2D eigenvalue weighted by molar-refractivity contribution is 4.96. The first-order valence-corrected chi connectivity index (χ1v) is 7.62. The number of nitrogens with one attached hydrogen (secondary N) is 1. The molecule has 1 fully saturated rings. The van der Waals surface area contributed by atoms with Crippen LogP contribution >= 0.6 is 0 Å². The fraction of sp³-hybridized carbons (Fsp3) is 1.00. The monoisotopic (exact) mass is 256 g/mol. The molecule has 0 saturated heterocycles. The van der Waals surface area contributed by atoms with Crippen molar-refractivity contribution in [1.82, 2.24) is 10.2 Å². The zero-order chi connectivity index (χ0) is 13.6. The molecule has 0 aromatic rings. The largest absolute Gasteiger partial charge is 0.394 e. The van der Waals surface area contributed by atoms with Crippen LogP contribution in [0.25, 0.3) is 0 Å². The van der Waals surface area contributed by atoms with Crippen LogP contribution in [0.3, 0.4) is 0 Å². The van der Waals surface area contributed by atoms with Crippen molar-refractivity contribution in [2.75, 3.05) is 20.2 Å². The number of nitrogens with zero attached hydrogens (tertiary/aromatic N) is 1. The molecule has 0 bridgehead atoms. The fourth-order valence-electron chi connectivity index (χ4n) is 3.23. The van der Waals surface area contributed by atoms with E-state index in [-0.39, 0.29) is 12.1 Å². The molecule has 3 heteroatoms. The average Bonchev–Trinajstić information content (AvgIpc) is 2.35. The van der Waals surface area contributed by atoms with Gasteiger partial charge in [0, 0.05) is 17.6 Å².